The number of carbonyl (C=O) groups excluding carboxylic acids is 2. The molecule has 0 atom stereocenters. The predicted molar refractivity (Wildman–Crippen MR) is 79.0 cm³/mol. The Morgan fingerprint density at radius 1 is 1.14 bits per heavy atom. The van der Waals surface area contributed by atoms with Crippen LogP contribution < -0.4 is 4.90 Å². The molecular weight excluding hydrogens is 292 g/mol. The predicted octanol–water partition coefficient (Wildman–Crippen LogP) is 1.72. The van der Waals surface area contributed by atoms with Gasteiger partial charge in [0.05, 0.1) is 27.1 Å². The van der Waals surface area contributed by atoms with E-state index in [-0.39, 0.29) is 37.4 Å². The van der Waals surface area contributed by atoms with E-state index in [0.717, 1.165) is 0 Å². The lowest BCUT2D eigenvalue weighted by atomic mass is 10.2. The molecule has 0 saturated carbocycles. The Kier molecular flexibility index (Phi) is 6.81. The number of nitroso groups, excluding NO2 is 1. The number of ether oxygens (including phenoxy) is 2. The van der Waals surface area contributed by atoms with Crippen molar-refractivity contribution in [2.45, 2.75) is 12.8 Å². The fourth-order valence-electron chi connectivity index (χ4n) is 1.81. The number of aromatic hydroxyl groups is 1. The van der Waals surface area contributed by atoms with Crippen molar-refractivity contribution in [1.82, 2.24) is 0 Å². The van der Waals surface area contributed by atoms with Crippen molar-refractivity contribution in [3.63, 3.8) is 0 Å². The van der Waals surface area contributed by atoms with E-state index >= 15 is 0 Å². The monoisotopic (exact) mass is 310 g/mol. The van der Waals surface area contributed by atoms with Crippen molar-refractivity contribution < 1.29 is 24.2 Å². The van der Waals surface area contributed by atoms with Crippen molar-refractivity contribution >= 4 is 23.3 Å². The SMILES string of the molecule is COC(=O)CCN(CCC(=O)OC)c1ccc(N=O)c(O)c1. The third-order valence-corrected chi connectivity index (χ3v) is 3.05. The molecule has 0 aliphatic heterocycles. The van der Waals surface area contributed by atoms with Crippen LogP contribution in [0, 0.1) is 4.91 Å². The first-order valence-corrected chi connectivity index (χ1v) is 6.56. The molecule has 0 aliphatic carbocycles. The van der Waals surface area contributed by atoms with E-state index in [9.17, 15) is 19.6 Å². The molecule has 120 valence electrons. The van der Waals surface area contributed by atoms with Crippen molar-refractivity contribution in [3.05, 3.63) is 23.1 Å². The topological polar surface area (TPSA) is 106 Å². The van der Waals surface area contributed by atoms with E-state index in [1.807, 2.05) is 0 Å². The standard InChI is InChI=1S/C14H18N2O6/c1-21-13(18)5-7-16(8-6-14(19)22-2)10-3-4-11(15-20)12(17)9-10/h3-4,9,17H,5-8H2,1-2H3. The number of rotatable bonds is 8. The van der Waals surface area contributed by atoms with Crippen LogP contribution in [0.1, 0.15) is 12.8 Å². The van der Waals surface area contributed by atoms with Crippen LogP contribution in [-0.4, -0.2) is 44.4 Å². The smallest absolute Gasteiger partial charge is 0.307 e. The van der Waals surface area contributed by atoms with E-state index in [4.69, 9.17) is 0 Å². The Labute approximate surface area is 127 Å². The van der Waals surface area contributed by atoms with Gasteiger partial charge in [0.1, 0.15) is 11.4 Å². The Morgan fingerprint density at radius 2 is 1.68 bits per heavy atom. The molecule has 1 N–H and O–H groups in total. The average molecular weight is 310 g/mol. The van der Waals surface area contributed by atoms with Crippen molar-refractivity contribution in [1.29, 1.82) is 0 Å². The number of nitrogens with zero attached hydrogens (tertiary/aromatic N) is 2. The minimum atomic E-state index is -0.390. The lowest BCUT2D eigenvalue weighted by Crippen LogP contribution is -2.29. The first-order chi connectivity index (χ1) is 10.5. The number of carbonyl (C=O) groups is 2. The van der Waals surface area contributed by atoms with Gasteiger partial charge in [-0.15, -0.1) is 4.91 Å². The van der Waals surface area contributed by atoms with Gasteiger partial charge in [0, 0.05) is 24.8 Å². The molecule has 8 nitrogen and oxygen atoms in total. The molecule has 0 aliphatic rings. The third kappa shape index (κ3) is 5.04. The Morgan fingerprint density at radius 3 is 2.09 bits per heavy atom. The van der Waals surface area contributed by atoms with Crippen LogP contribution in [0.2, 0.25) is 0 Å². The first-order valence-electron chi connectivity index (χ1n) is 6.56. The molecular formula is C14H18N2O6. The molecule has 0 amide bonds. The lowest BCUT2D eigenvalue weighted by molar-refractivity contribution is -0.140. The zero-order valence-corrected chi connectivity index (χ0v) is 12.4. The molecule has 1 rings (SSSR count). The number of phenolic OH excluding ortho intramolecular Hbond substituents is 1. The van der Waals surface area contributed by atoms with E-state index < -0.39 is 11.9 Å². The van der Waals surface area contributed by atoms with Crippen LogP contribution in [0.3, 0.4) is 0 Å². The molecule has 0 radical (unpaired) electrons. The second-order valence-corrected chi connectivity index (χ2v) is 4.40. The lowest BCUT2D eigenvalue weighted by Gasteiger charge is -2.24. The number of methoxy groups -OCH3 is 2. The molecule has 22 heavy (non-hydrogen) atoms. The van der Waals surface area contributed by atoms with E-state index in [2.05, 4.69) is 14.7 Å². The number of anilines is 1. The summed E-state index contributed by atoms with van der Waals surface area (Å²) in [5.41, 5.74) is 0.474. The molecule has 0 bridgehead atoms. The maximum absolute atomic E-state index is 11.3. The van der Waals surface area contributed by atoms with Gasteiger partial charge in [-0.2, -0.15) is 0 Å². The first kappa shape index (κ1) is 17.4. The maximum atomic E-state index is 11.3. The molecule has 8 heteroatoms. The van der Waals surface area contributed by atoms with Gasteiger partial charge >= 0.3 is 11.9 Å². The maximum Gasteiger partial charge on any atom is 0.307 e. The van der Waals surface area contributed by atoms with E-state index in [1.165, 1.54) is 26.4 Å². The second-order valence-electron chi connectivity index (χ2n) is 4.40. The molecule has 0 fully saturated rings. The summed E-state index contributed by atoms with van der Waals surface area (Å²) in [6, 6.07) is 4.29. The molecule has 0 heterocycles. The van der Waals surface area contributed by atoms with Gasteiger partial charge in [0.15, 0.2) is 0 Å². The highest BCUT2D eigenvalue weighted by Crippen LogP contribution is 2.30. The summed E-state index contributed by atoms with van der Waals surface area (Å²) in [6.07, 6.45) is 0.234. The highest BCUT2D eigenvalue weighted by Gasteiger charge is 2.14. The Hall–Kier alpha value is -2.64. The Bertz CT molecular complexity index is 526. The van der Waals surface area contributed by atoms with Crippen molar-refractivity contribution in [2.75, 3.05) is 32.2 Å². The minimum absolute atomic E-state index is 0.0790. The van der Waals surface area contributed by atoms with Crippen LogP contribution in [0.5, 0.6) is 5.75 Å². The summed E-state index contributed by atoms with van der Waals surface area (Å²) in [4.78, 5) is 34.7. The van der Waals surface area contributed by atoms with Gasteiger partial charge in [0.25, 0.3) is 0 Å². The van der Waals surface area contributed by atoms with Gasteiger partial charge in [0.2, 0.25) is 0 Å². The molecule has 0 aromatic heterocycles. The quantitative estimate of drug-likeness (QED) is 0.575. The summed E-state index contributed by atoms with van der Waals surface area (Å²) in [7, 11) is 2.58. The zero-order chi connectivity index (χ0) is 16.5. The summed E-state index contributed by atoms with van der Waals surface area (Å²) < 4.78 is 9.16. The van der Waals surface area contributed by atoms with Gasteiger partial charge < -0.3 is 19.5 Å². The summed E-state index contributed by atoms with van der Waals surface area (Å²) in [6.45, 7) is 0.577. The highest BCUT2D eigenvalue weighted by atomic mass is 16.5. The summed E-state index contributed by atoms with van der Waals surface area (Å²) in [5.74, 6) is -1.05. The number of phenols is 1. The normalized spacial score (nSPS) is 9.91. The van der Waals surface area contributed by atoms with Crippen LogP contribution in [0.4, 0.5) is 11.4 Å². The highest BCUT2D eigenvalue weighted by molar-refractivity contribution is 5.72. The Balaban J connectivity index is 2.87. The fraction of sp³-hybridized carbons (Fsp3) is 0.429. The minimum Gasteiger partial charge on any atom is -0.505 e. The largest absolute Gasteiger partial charge is 0.505 e. The molecule has 0 unspecified atom stereocenters. The van der Waals surface area contributed by atoms with Crippen LogP contribution >= 0.6 is 0 Å². The zero-order valence-electron chi connectivity index (χ0n) is 12.4. The van der Waals surface area contributed by atoms with Crippen LogP contribution in [0.25, 0.3) is 0 Å². The number of hydrogen-bond donors (Lipinski definition) is 1. The van der Waals surface area contributed by atoms with Crippen LogP contribution in [0.15, 0.2) is 23.4 Å². The van der Waals surface area contributed by atoms with Gasteiger partial charge in [-0.1, -0.05) is 0 Å². The van der Waals surface area contributed by atoms with Gasteiger partial charge in [-0.25, -0.2) is 0 Å². The van der Waals surface area contributed by atoms with Gasteiger partial charge in [-0.05, 0) is 17.3 Å². The third-order valence-electron chi connectivity index (χ3n) is 3.05. The average Bonchev–Trinajstić information content (AvgIpc) is 2.54. The van der Waals surface area contributed by atoms with E-state index in [1.54, 1.807) is 11.0 Å². The molecule has 1 aromatic carbocycles. The second kappa shape index (κ2) is 8.60. The summed E-state index contributed by atoms with van der Waals surface area (Å²) in [5, 5.41) is 12.4. The molecule has 1 aromatic rings. The number of esters is 2. The molecule has 0 saturated heterocycles. The number of benzene rings is 1. The number of hydrogen-bond acceptors (Lipinski definition) is 8. The van der Waals surface area contributed by atoms with Crippen molar-refractivity contribution in [3.8, 4) is 5.75 Å². The summed E-state index contributed by atoms with van der Waals surface area (Å²) >= 11 is 0. The van der Waals surface area contributed by atoms with Gasteiger partial charge in [-0.3, -0.25) is 9.59 Å². The fourth-order valence-corrected chi connectivity index (χ4v) is 1.81. The van der Waals surface area contributed by atoms with E-state index in [0.29, 0.717) is 5.69 Å². The van der Waals surface area contributed by atoms with Crippen molar-refractivity contribution in [2.24, 2.45) is 5.18 Å². The van der Waals surface area contributed by atoms with Crippen LogP contribution in [-0.2, 0) is 19.1 Å². The molecule has 0 spiro atoms.